The number of rotatable bonds is 4. The molecular formula is C15H23NO. The fourth-order valence-corrected chi connectivity index (χ4v) is 1.86. The standard InChI is InChI=1S/C15H23NO/c1-5-14(17)16(15(3,4)6-2)13-11-9-7-8-10-12-13/h7,9-12H,5-6,8H2,1-4H3. The van der Waals surface area contributed by atoms with Gasteiger partial charge in [-0.2, -0.15) is 0 Å². The van der Waals surface area contributed by atoms with Crippen molar-refractivity contribution in [1.29, 1.82) is 0 Å². The maximum atomic E-state index is 12.2. The van der Waals surface area contributed by atoms with E-state index in [4.69, 9.17) is 0 Å². The Bertz CT molecular complexity index is 361. The molecule has 0 radical (unpaired) electrons. The molecule has 0 N–H and O–H groups in total. The van der Waals surface area contributed by atoms with Crippen molar-refractivity contribution in [3.8, 4) is 0 Å². The first-order valence-electron chi connectivity index (χ1n) is 6.39. The molecule has 1 aliphatic carbocycles. The molecule has 0 aromatic carbocycles. The predicted octanol–water partition coefficient (Wildman–Crippen LogP) is 3.81. The van der Waals surface area contributed by atoms with Crippen LogP contribution in [0.1, 0.15) is 47.0 Å². The van der Waals surface area contributed by atoms with E-state index < -0.39 is 0 Å². The Hall–Kier alpha value is -1.31. The highest BCUT2D eigenvalue weighted by Gasteiger charge is 2.30. The summed E-state index contributed by atoms with van der Waals surface area (Å²) >= 11 is 0. The SMILES string of the molecule is CCC(=O)N(C1=CC=CCC=C1)C(C)(C)CC. The second-order valence-corrected chi connectivity index (χ2v) is 4.91. The minimum Gasteiger partial charge on any atom is -0.307 e. The highest BCUT2D eigenvalue weighted by molar-refractivity contribution is 5.79. The second-order valence-electron chi connectivity index (χ2n) is 4.91. The monoisotopic (exact) mass is 233 g/mol. The van der Waals surface area contributed by atoms with Gasteiger partial charge in [-0.25, -0.2) is 0 Å². The Labute approximate surface area is 105 Å². The lowest BCUT2D eigenvalue weighted by Crippen LogP contribution is -2.46. The summed E-state index contributed by atoms with van der Waals surface area (Å²) in [4.78, 5) is 14.1. The fraction of sp³-hybridized carbons (Fsp3) is 0.533. The highest BCUT2D eigenvalue weighted by Crippen LogP contribution is 2.26. The molecule has 0 saturated carbocycles. The van der Waals surface area contributed by atoms with Gasteiger partial charge in [-0.1, -0.05) is 32.1 Å². The Morgan fingerprint density at radius 1 is 1.35 bits per heavy atom. The van der Waals surface area contributed by atoms with E-state index in [0.717, 1.165) is 18.5 Å². The first-order chi connectivity index (χ1) is 8.03. The summed E-state index contributed by atoms with van der Waals surface area (Å²) < 4.78 is 0. The van der Waals surface area contributed by atoms with Crippen molar-refractivity contribution >= 4 is 5.91 Å². The molecule has 1 rings (SSSR count). The van der Waals surface area contributed by atoms with Gasteiger partial charge in [0.25, 0.3) is 0 Å². The topological polar surface area (TPSA) is 20.3 Å². The molecule has 0 saturated heterocycles. The van der Waals surface area contributed by atoms with Gasteiger partial charge in [-0.15, -0.1) is 0 Å². The van der Waals surface area contributed by atoms with Crippen LogP contribution in [0.4, 0.5) is 0 Å². The van der Waals surface area contributed by atoms with E-state index >= 15 is 0 Å². The van der Waals surface area contributed by atoms with Gasteiger partial charge in [-0.05, 0) is 38.8 Å². The summed E-state index contributed by atoms with van der Waals surface area (Å²) in [7, 11) is 0. The molecule has 0 atom stereocenters. The van der Waals surface area contributed by atoms with Gasteiger partial charge >= 0.3 is 0 Å². The van der Waals surface area contributed by atoms with Crippen LogP contribution < -0.4 is 0 Å². The molecule has 0 unspecified atom stereocenters. The van der Waals surface area contributed by atoms with Crippen LogP contribution in [-0.2, 0) is 4.79 Å². The van der Waals surface area contributed by atoms with E-state index in [1.54, 1.807) is 0 Å². The maximum absolute atomic E-state index is 12.2. The van der Waals surface area contributed by atoms with Crippen molar-refractivity contribution in [3.05, 3.63) is 36.1 Å². The third-order valence-corrected chi connectivity index (χ3v) is 3.24. The number of carbonyl (C=O) groups is 1. The maximum Gasteiger partial charge on any atom is 0.227 e. The number of hydrogen-bond donors (Lipinski definition) is 0. The molecule has 1 aliphatic rings. The summed E-state index contributed by atoms with van der Waals surface area (Å²) in [6, 6.07) is 0. The second kappa shape index (κ2) is 5.85. The summed E-state index contributed by atoms with van der Waals surface area (Å²) in [5.41, 5.74) is 0.860. The molecule has 1 amide bonds. The van der Waals surface area contributed by atoms with E-state index in [1.165, 1.54) is 0 Å². The molecule has 0 aromatic rings. The molecule has 0 heterocycles. The van der Waals surface area contributed by atoms with Crippen molar-refractivity contribution in [1.82, 2.24) is 4.90 Å². The lowest BCUT2D eigenvalue weighted by atomic mass is 9.97. The third kappa shape index (κ3) is 3.32. The van der Waals surface area contributed by atoms with E-state index in [9.17, 15) is 4.79 Å². The number of hydrogen-bond acceptors (Lipinski definition) is 1. The van der Waals surface area contributed by atoms with E-state index in [2.05, 4.69) is 32.9 Å². The summed E-state index contributed by atoms with van der Waals surface area (Å²) in [6.45, 7) is 8.26. The first-order valence-corrected chi connectivity index (χ1v) is 6.39. The Kier molecular flexibility index (Phi) is 4.73. The average molecular weight is 233 g/mol. The average Bonchev–Trinajstić information content (AvgIpc) is 2.57. The van der Waals surface area contributed by atoms with Gasteiger partial charge in [0, 0.05) is 17.7 Å². The zero-order valence-corrected chi connectivity index (χ0v) is 11.4. The van der Waals surface area contributed by atoms with Crippen molar-refractivity contribution in [2.24, 2.45) is 0 Å². The van der Waals surface area contributed by atoms with Gasteiger partial charge in [0.2, 0.25) is 5.91 Å². The summed E-state index contributed by atoms with van der Waals surface area (Å²) in [5, 5.41) is 0. The van der Waals surface area contributed by atoms with Gasteiger partial charge in [0.05, 0.1) is 0 Å². The van der Waals surface area contributed by atoms with Crippen molar-refractivity contribution in [2.45, 2.75) is 52.5 Å². The lowest BCUT2D eigenvalue weighted by molar-refractivity contribution is -0.133. The summed E-state index contributed by atoms with van der Waals surface area (Å²) in [5.74, 6) is 0.183. The minimum absolute atomic E-state index is 0.137. The van der Waals surface area contributed by atoms with Gasteiger partial charge in [0.15, 0.2) is 0 Å². The largest absolute Gasteiger partial charge is 0.307 e. The normalized spacial score (nSPS) is 15.4. The molecule has 0 spiro atoms. The Morgan fingerprint density at radius 3 is 2.65 bits per heavy atom. The van der Waals surface area contributed by atoms with Crippen molar-refractivity contribution < 1.29 is 4.79 Å². The van der Waals surface area contributed by atoms with Crippen LogP contribution in [0.15, 0.2) is 36.1 Å². The highest BCUT2D eigenvalue weighted by atomic mass is 16.2. The molecule has 17 heavy (non-hydrogen) atoms. The zero-order valence-electron chi connectivity index (χ0n) is 11.4. The first kappa shape index (κ1) is 13.8. The molecule has 94 valence electrons. The Balaban J connectivity index is 3.10. The van der Waals surface area contributed by atoms with Crippen LogP contribution in [0, 0.1) is 0 Å². The van der Waals surface area contributed by atoms with Crippen molar-refractivity contribution in [3.63, 3.8) is 0 Å². The molecule has 0 fully saturated rings. The van der Waals surface area contributed by atoms with Crippen LogP contribution in [0.2, 0.25) is 0 Å². The molecule has 2 heteroatoms. The van der Waals surface area contributed by atoms with Crippen LogP contribution >= 0.6 is 0 Å². The number of allylic oxidation sites excluding steroid dienone is 5. The zero-order chi connectivity index (χ0) is 12.9. The molecular weight excluding hydrogens is 210 g/mol. The predicted molar refractivity (Wildman–Crippen MR) is 72.5 cm³/mol. The van der Waals surface area contributed by atoms with Crippen molar-refractivity contribution in [2.75, 3.05) is 0 Å². The molecule has 0 aromatic heterocycles. The third-order valence-electron chi connectivity index (χ3n) is 3.24. The van der Waals surface area contributed by atoms with Gasteiger partial charge in [-0.3, -0.25) is 4.79 Å². The van der Waals surface area contributed by atoms with Gasteiger partial charge < -0.3 is 4.90 Å². The molecule has 2 nitrogen and oxygen atoms in total. The molecule has 0 bridgehead atoms. The number of nitrogens with zero attached hydrogens (tertiary/aromatic N) is 1. The van der Waals surface area contributed by atoms with Crippen LogP contribution in [0.3, 0.4) is 0 Å². The van der Waals surface area contributed by atoms with Crippen LogP contribution in [0.5, 0.6) is 0 Å². The summed E-state index contributed by atoms with van der Waals surface area (Å²) in [6.07, 6.45) is 12.7. The van der Waals surface area contributed by atoms with Crippen LogP contribution in [-0.4, -0.2) is 16.3 Å². The fourth-order valence-electron chi connectivity index (χ4n) is 1.86. The number of carbonyl (C=O) groups excluding carboxylic acids is 1. The van der Waals surface area contributed by atoms with Crippen LogP contribution in [0.25, 0.3) is 0 Å². The quantitative estimate of drug-likeness (QED) is 0.723. The lowest BCUT2D eigenvalue weighted by Gasteiger charge is -2.38. The molecule has 0 aliphatic heterocycles. The van der Waals surface area contributed by atoms with E-state index in [1.807, 2.05) is 30.1 Å². The van der Waals surface area contributed by atoms with E-state index in [0.29, 0.717) is 6.42 Å². The van der Waals surface area contributed by atoms with E-state index in [-0.39, 0.29) is 11.4 Å². The van der Waals surface area contributed by atoms with Gasteiger partial charge in [0.1, 0.15) is 0 Å². The minimum atomic E-state index is -0.137. The number of amides is 1. The smallest absolute Gasteiger partial charge is 0.227 e. The Morgan fingerprint density at radius 2 is 2.06 bits per heavy atom.